The molecule has 2 aromatic rings. The molecular weight excluding hydrogens is 332 g/mol. The zero-order valence-electron chi connectivity index (χ0n) is 12.8. The number of para-hydroxylation sites is 1. The number of hydrogen-bond acceptors (Lipinski definition) is 5. The Morgan fingerprint density at radius 1 is 1.04 bits per heavy atom. The second-order valence-electron chi connectivity index (χ2n) is 4.80. The number of amidine groups is 1. The Balaban J connectivity index is 1.96. The maximum Gasteiger partial charge on any atom is 0.437 e. The Morgan fingerprint density at radius 2 is 1.67 bits per heavy atom. The van der Waals surface area contributed by atoms with Gasteiger partial charge in [-0.2, -0.15) is 0 Å². The monoisotopic (exact) mass is 348 g/mol. The van der Waals surface area contributed by atoms with E-state index < -0.39 is 16.1 Å². The van der Waals surface area contributed by atoms with Gasteiger partial charge in [-0.25, -0.2) is 13.2 Å². The summed E-state index contributed by atoms with van der Waals surface area (Å²) < 4.78 is 24.6. The van der Waals surface area contributed by atoms with Gasteiger partial charge >= 0.3 is 6.09 Å². The van der Waals surface area contributed by atoms with Crippen molar-refractivity contribution in [2.75, 3.05) is 16.3 Å². The van der Waals surface area contributed by atoms with E-state index in [1.807, 2.05) is 6.07 Å². The highest BCUT2D eigenvalue weighted by Gasteiger charge is 2.06. The standard InChI is InChI=1S/C15H16N4O4S/c1-24(21,22)19-13-9-7-11(8-10-13)14(16)18-23-15(20)17-12-5-3-2-4-6-12/h2-10,19H,1H3,(H2,16,18)(H,17,20). The fourth-order valence-electron chi connectivity index (χ4n) is 1.73. The Hall–Kier alpha value is -3.07. The van der Waals surface area contributed by atoms with E-state index in [-0.39, 0.29) is 5.84 Å². The lowest BCUT2D eigenvalue weighted by atomic mass is 10.2. The lowest BCUT2D eigenvalue weighted by Crippen LogP contribution is -2.17. The molecule has 2 rings (SSSR count). The highest BCUT2D eigenvalue weighted by atomic mass is 32.2. The van der Waals surface area contributed by atoms with E-state index in [9.17, 15) is 13.2 Å². The molecule has 9 heteroatoms. The summed E-state index contributed by atoms with van der Waals surface area (Å²) >= 11 is 0. The number of amides is 1. The van der Waals surface area contributed by atoms with Gasteiger partial charge in [0.2, 0.25) is 10.0 Å². The molecule has 0 saturated heterocycles. The first-order valence-electron chi connectivity index (χ1n) is 6.78. The molecule has 2 aromatic carbocycles. The average molecular weight is 348 g/mol. The largest absolute Gasteiger partial charge is 0.437 e. The van der Waals surface area contributed by atoms with Crippen molar-refractivity contribution in [3.63, 3.8) is 0 Å². The van der Waals surface area contributed by atoms with Crippen molar-refractivity contribution >= 4 is 33.3 Å². The summed E-state index contributed by atoms with van der Waals surface area (Å²) in [7, 11) is -3.35. The van der Waals surface area contributed by atoms with Crippen molar-refractivity contribution in [2.24, 2.45) is 10.9 Å². The van der Waals surface area contributed by atoms with Crippen LogP contribution >= 0.6 is 0 Å². The number of nitrogens with zero attached hydrogens (tertiary/aromatic N) is 1. The van der Waals surface area contributed by atoms with Crippen molar-refractivity contribution in [3.05, 3.63) is 60.2 Å². The SMILES string of the molecule is CS(=O)(=O)Nc1ccc(/C(N)=N\OC(=O)Nc2ccccc2)cc1. The first-order valence-corrected chi connectivity index (χ1v) is 8.67. The van der Waals surface area contributed by atoms with E-state index in [4.69, 9.17) is 5.73 Å². The zero-order chi connectivity index (χ0) is 17.6. The normalized spacial score (nSPS) is 11.6. The molecule has 8 nitrogen and oxygen atoms in total. The third-order valence-electron chi connectivity index (χ3n) is 2.73. The average Bonchev–Trinajstić information content (AvgIpc) is 2.53. The summed E-state index contributed by atoms with van der Waals surface area (Å²) in [6, 6.07) is 14.9. The molecule has 0 aliphatic heterocycles. The molecule has 0 aliphatic carbocycles. The van der Waals surface area contributed by atoms with Crippen LogP contribution in [-0.4, -0.2) is 26.6 Å². The van der Waals surface area contributed by atoms with Crippen LogP contribution in [0.1, 0.15) is 5.56 Å². The molecule has 1 amide bonds. The predicted octanol–water partition coefficient (Wildman–Crippen LogP) is 1.93. The van der Waals surface area contributed by atoms with Gasteiger partial charge in [0.05, 0.1) is 6.26 Å². The molecule has 0 saturated carbocycles. The van der Waals surface area contributed by atoms with Crippen LogP contribution < -0.4 is 15.8 Å². The van der Waals surface area contributed by atoms with Gasteiger partial charge in [-0.05, 0) is 36.4 Å². The number of rotatable bonds is 5. The van der Waals surface area contributed by atoms with Crippen molar-refractivity contribution in [2.45, 2.75) is 0 Å². The maximum atomic E-state index is 11.6. The highest BCUT2D eigenvalue weighted by Crippen LogP contribution is 2.11. The fraction of sp³-hybridized carbons (Fsp3) is 0.0667. The van der Waals surface area contributed by atoms with Gasteiger partial charge in [-0.3, -0.25) is 14.9 Å². The molecule has 0 atom stereocenters. The Kier molecular flexibility index (Phi) is 5.38. The number of carbonyl (C=O) groups excluding carboxylic acids is 1. The number of anilines is 2. The quantitative estimate of drug-likeness (QED) is 0.330. The van der Waals surface area contributed by atoms with Crippen LogP contribution in [0.5, 0.6) is 0 Å². The number of nitrogens with one attached hydrogen (secondary N) is 2. The van der Waals surface area contributed by atoms with Gasteiger partial charge in [-0.1, -0.05) is 23.4 Å². The summed E-state index contributed by atoms with van der Waals surface area (Å²) in [4.78, 5) is 16.3. The van der Waals surface area contributed by atoms with E-state index in [0.29, 0.717) is 16.9 Å². The Morgan fingerprint density at radius 3 is 2.25 bits per heavy atom. The summed E-state index contributed by atoms with van der Waals surface area (Å²) in [5, 5.41) is 6.02. The van der Waals surface area contributed by atoms with Crippen LogP contribution in [0.25, 0.3) is 0 Å². The molecule has 0 radical (unpaired) electrons. The van der Waals surface area contributed by atoms with Crippen LogP contribution in [0, 0.1) is 0 Å². The lowest BCUT2D eigenvalue weighted by molar-refractivity contribution is 0.166. The summed E-state index contributed by atoms with van der Waals surface area (Å²) in [6.07, 6.45) is 0.273. The maximum absolute atomic E-state index is 11.6. The van der Waals surface area contributed by atoms with Crippen molar-refractivity contribution in [3.8, 4) is 0 Å². The third-order valence-corrected chi connectivity index (χ3v) is 3.34. The minimum absolute atomic E-state index is 0.0240. The number of nitrogens with two attached hydrogens (primary N) is 1. The van der Waals surface area contributed by atoms with Crippen LogP contribution in [0.3, 0.4) is 0 Å². The summed E-state index contributed by atoms with van der Waals surface area (Å²) in [6.45, 7) is 0. The van der Waals surface area contributed by atoms with E-state index in [0.717, 1.165) is 6.26 Å². The lowest BCUT2D eigenvalue weighted by Gasteiger charge is -2.05. The summed E-state index contributed by atoms with van der Waals surface area (Å²) in [5.74, 6) is -0.0240. The Bertz CT molecular complexity index is 834. The van der Waals surface area contributed by atoms with Crippen LogP contribution in [0.4, 0.5) is 16.2 Å². The van der Waals surface area contributed by atoms with Crippen LogP contribution in [0.2, 0.25) is 0 Å². The smallest absolute Gasteiger partial charge is 0.380 e. The molecule has 0 bridgehead atoms. The Labute approximate surface area is 139 Å². The molecule has 0 heterocycles. The minimum Gasteiger partial charge on any atom is -0.380 e. The van der Waals surface area contributed by atoms with E-state index in [1.54, 1.807) is 36.4 Å². The molecule has 4 N–H and O–H groups in total. The first-order chi connectivity index (χ1) is 11.3. The van der Waals surface area contributed by atoms with Gasteiger partial charge in [-0.15, -0.1) is 0 Å². The molecule has 0 aromatic heterocycles. The number of sulfonamides is 1. The van der Waals surface area contributed by atoms with Gasteiger partial charge in [0.25, 0.3) is 0 Å². The fourth-order valence-corrected chi connectivity index (χ4v) is 2.29. The van der Waals surface area contributed by atoms with Crippen molar-refractivity contribution in [1.82, 2.24) is 0 Å². The first kappa shape index (κ1) is 17.3. The molecule has 0 unspecified atom stereocenters. The number of carbonyl (C=O) groups is 1. The van der Waals surface area contributed by atoms with Gasteiger partial charge in [0, 0.05) is 16.9 Å². The molecule has 0 aliphatic rings. The highest BCUT2D eigenvalue weighted by molar-refractivity contribution is 7.92. The number of oxime groups is 1. The van der Waals surface area contributed by atoms with E-state index in [2.05, 4.69) is 20.0 Å². The zero-order valence-corrected chi connectivity index (χ0v) is 13.6. The number of benzene rings is 2. The minimum atomic E-state index is -3.35. The topological polar surface area (TPSA) is 123 Å². The van der Waals surface area contributed by atoms with Crippen LogP contribution in [-0.2, 0) is 14.9 Å². The molecular formula is C15H16N4O4S. The number of hydrogen-bond donors (Lipinski definition) is 3. The van der Waals surface area contributed by atoms with Crippen LogP contribution in [0.15, 0.2) is 59.8 Å². The van der Waals surface area contributed by atoms with Crippen molar-refractivity contribution in [1.29, 1.82) is 0 Å². The molecule has 0 spiro atoms. The third kappa shape index (κ3) is 5.61. The van der Waals surface area contributed by atoms with Gasteiger partial charge in [0.1, 0.15) is 0 Å². The predicted molar refractivity (Wildman–Crippen MR) is 92.2 cm³/mol. The second kappa shape index (κ2) is 7.47. The van der Waals surface area contributed by atoms with E-state index in [1.165, 1.54) is 12.1 Å². The van der Waals surface area contributed by atoms with Crippen molar-refractivity contribution < 1.29 is 18.0 Å². The van der Waals surface area contributed by atoms with Gasteiger partial charge in [0.15, 0.2) is 5.84 Å². The van der Waals surface area contributed by atoms with Gasteiger partial charge < -0.3 is 5.73 Å². The molecule has 0 fully saturated rings. The summed E-state index contributed by atoms with van der Waals surface area (Å²) in [5.41, 5.74) is 7.14. The second-order valence-corrected chi connectivity index (χ2v) is 6.55. The molecule has 24 heavy (non-hydrogen) atoms. The van der Waals surface area contributed by atoms with E-state index >= 15 is 0 Å². The molecule has 126 valence electrons.